The van der Waals surface area contributed by atoms with Gasteiger partial charge in [-0.05, 0) is 19.4 Å². The number of benzene rings is 1. The normalized spacial score (nSPS) is 17.1. The Hall–Kier alpha value is -1.36. The van der Waals surface area contributed by atoms with E-state index in [-0.39, 0.29) is 6.61 Å². The molecule has 0 aromatic heterocycles. The van der Waals surface area contributed by atoms with Crippen molar-refractivity contribution in [3.8, 4) is 0 Å². The summed E-state index contributed by atoms with van der Waals surface area (Å²) in [4.78, 5) is 0. The minimum Gasteiger partial charge on any atom is -0.393 e. The van der Waals surface area contributed by atoms with Crippen molar-refractivity contribution in [1.29, 1.82) is 0 Å². The number of alkyl halides is 6. The Labute approximate surface area is 140 Å². The van der Waals surface area contributed by atoms with Crippen molar-refractivity contribution < 1.29 is 46.4 Å². The monoisotopic (exact) mass is 378 g/mol. The molecular formula is C15H20F6O4. The highest BCUT2D eigenvalue weighted by Crippen LogP contribution is 2.30. The summed E-state index contributed by atoms with van der Waals surface area (Å²) in [6.07, 6.45) is -9.43. The molecule has 1 rings (SSSR count). The van der Waals surface area contributed by atoms with Crippen LogP contribution in [0.25, 0.3) is 0 Å². The van der Waals surface area contributed by atoms with Crippen LogP contribution in [0.2, 0.25) is 0 Å². The Kier molecular flexibility index (Phi) is 8.35. The van der Waals surface area contributed by atoms with Crippen LogP contribution >= 0.6 is 0 Å². The van der Waals surface area contributed by atoms with Gasteiger partial charge in [0.05, 0.1) is 19.8 Å². The molecule has 0 amide bonds. The summed E-state index contributed by atoms with van der Waals surface area (Å²) >= 11 is 0. The third-order valence-electron chi connectivity index (χ3n) is 3.02. The van der Waals surface area contributed by atoms with E-state index in [0.717, 1.165) is 5.56 Å². The Bertz CT molecular complexity index is 497. The topological polar surface area (TPSA) is 69.9 Å². The van der Waals surface area contributed by atoms with E-state index < -0.39 is 36.8 Å². The van der Waals surface area contributed by atoms with Crippen LogP contribution in [0, 0.1) is 0 Å². The fraction of sp³-hybridized carbons (Fsp3) is 0.600. The maximum atomic E-state index is 12.2. The average molecular weight is 378 g/mol. The zero-order valence-electron chi connectivity index (χ0n) is 13.5. The van der Waals surface area contributed by atoms with E-state index >= 15 is 0 Å². The van der Waals surface area contributed by atoms with E-state index in [2.05, 4.69) is 0 Å². The fourth-order valence-electron chi connectivity index (χ4n) is 1.11. The zero-order valence-corrected chi connectivity index (χ0v) is 13.5. The number of hydrogen-bond donors (Lipinski definition) is 3. The first-order valence-electron chi connectivity index (χ1n) is 6.95. The molecule has 146 valence electrons. The van der Waals surface area contributed by atoms with Crippen molar-refractivity contribution in [3.05, 3.63) is 35.9 Å². The van der Waals surface area contributed by atoms with Crippen LogP contribution in [0.15, 0.2) is 30.3 Å². The molecule has 25 heavy (non-hydrogen) atoms. The molecule has 0 aliphatic carbocycles. The predicted molar refractivity (Wildman–Crippen MR) is 76.5 cm³/mol. The summed E-state index contributed by atoms with van der Waals surface area (Å²) in [6, 6.07) is 8.81. The lowest BCUT2D eigenvalue weighted by molar-refractivity contribution is -0.268. The first-order chi connectivity index (χ1) is 11.1. The van der Waals surface area contributed by atoms with Crippen LogP contribution in [-0.2, 0) is 11.3 Å². The maximum Gasteiger partial charge on any atom is 0.419 e. The van der Waals surface area contributed by atoms with Gasteiger partial charge in [0.1, 0.15) is 0 Å². The number of ether oxygens (including phenoxy) is 1. The molecule has 1 aromatic rings. The standard InChI is InChI=1S/C11H13F3O2.C4H7F3O2/c1-10(15,11(12,13)14)8-16-7-9-5-3-2-4-6-9;1-3(9,2-8)4(5,6)7/h2-6,15H,7-8H2,1H3;8-9H,2H2,1H3. The van der Waals surface area contributed by atoms with E-state index in [9.17, 15) is 26.3 Å². The van der Waals surface area contributed by atoms with Gasteiger partial charge in [-0.2, -0.15) is 26.3 Å². The van der Waals surface area contributed by atoms with Crippen molar-refractivity contribution in [1.82, 2.24) is 0 Å². The molecule has 4 nitrogen and oxygen atoms in total. The molecule has 2 atom stereocenters. The van der Waals surface area contributed by atoms with Gasteiger partial charge in [-0.25, -0.2) is 0 Å². The largest absolute Gasteiger partial charge is 0.419 e. The van der Waals surface area contributed by atoms with Crippen LogP contribution in [-0.4, -0.2) is 52.1 Å². The van der Waals surface area contributed by atoms with Gasteiger partial charge in [-0.3, -0.25) is 0 Å². The molecule has 0 spiro atoms. The first kappa shape index (κ1) is 23.6. The van der Waals surface area contributed by atoms with Gasteiger partial charge >= 0.3 is 12.4 Å². The highest BCUT2D eigenvalue weighted by molar-refractivity contribution is 5.13. The van der Waals surface area contributed by atoms with Gasteiger partial charge in [-0.15, -0.1) is 0 Å². The molecule has 1 aromatic carbocycles. The highest BCUT2D eigenvalue weighted by Gasteiger charge is 2.50. The molecule has 0 bridgehead atoms. The molecular weight excluding hydrogens is 358 g/mol. The Morgan fingerprint density at radius 1 is 0.840 bits per heavy atom. The third kappa shape index (κ3) is 8.04. The summed E-state index contributed by atoms with van der Waals surface area (Å²) in [5.41, 5.74) is -5.00. The predicted octanol–water partition coefficient (Wildman–Crippen LogP) is 2.81. The Morgan fingerprint density at radius 2 is 1.28 bits per heavy atom. The van der Waals surface area contributed by atoms with E-state index in [1.54, 1.807) is 30.3 Å². The minimum atomic E-state index is -4.75. The molecule has 0 heterocycles. The molecule has 0 radical (unpaired) electrons. The number of aliphatic hydroxyl groups is 3. The molecule has 2 unspecified atom stereocenters. The minimum absolute atomic E-state index is 0.0487. The molecule has 0 aliphatic heterocycles. The lowest BCUT2D eigenvalue weighted by Gasteiger charge is -2.25. The average Bonchev–Trinajstić information content (AvgIpc) is 2.46. The Morgan fingerprint density at radius 3 is 1.60 bits per heavy atom. The molecule has 0 aliphatic rings. The summed E-state index contributed by atoms with van der Waals surface area (Å²) in [7, 11) is 0. The lowest BCUT2D eigenvalue weighted by Crippen LogP contribution is -2.46. The first-order valence-corrected chi connectivity index (χ1v) is 6.95. The second-order valence-electron chi connectivity index (χ2n) is 5.68. The van der Waals surface area contributed by atoms with Crippen molar-refractivity contribution in [3.63, 3.8) is 0 Å². The lowest BCUT2D eigenvalue weighted by atomic mass is 10.1. The summed E-state index contributed by atoms with van der Waals surface area (Å²) in [6.45, 7) is -0.833. The molecule has 3 N–H and O–H groups in total. The van der Waals surface area contributed by atoms with E-state index in [1.165, 1.54) is 0 Å². The number of hydrogen-bond acceptors (Lipinski definition) is 4. The smallest absolute Gasteiger partial charge is 0.393 e. The van der Waals surface area contributed by atoms with E-state index in [0.29, 0.717) is 13.8 Å². The van der Waals surface area contributed by atoms with Crippen molar-refractivity contribution in [2.24, 2.45) is 0 Å². The summed E-state index contributed by atoms with van der Waals surface area (Å²) in [5.74, 6) is 0. The summed E-state index contributed by atoms with van der Waals surface area (Å²) in [5, 5.41) is 25.3. The molecule has 0 fully saturated rings. The van der Waals surface area contributed by atoms with Crippen LogP contribution in [0.1, 0.15) is 19.4 Å². The SMILES string of the molecule is CC(O)(CO)C(F)(F)F.CC(O)(COCc1ccccc1)C(F)(F)F. The van der Waals surface area contributed by atoms with Crippen molar-refractivity contribution in [2.75, 3.05) is 13.2 Å². The van der Waals surface area contributed by atoms with E-state index in [1.807, 2.05) is 0 Å². The second kappa shape index (κ2) is 8.84. The fourth-order valence-corrected chi connectivity index (χ4v) is 1.11. The number of halogens is 6. The molecule has 0 saturated heterocycles. The maximum absolute atomic E-state index is 12.2. The van der Waals surface area contributed by atoms with Gasteiger partial charge in [0, 0.05) is 0 Å². The quantitative estimate of drug-likeness (QED) is 0.690. The Balaban J connectivity index is 0.000000547. The van der Waals surface area contributed by atoms with Crippen LogP contribution in [0.3, 0.4) is 0 Å². The van der Waals surface area contributed by atoms with Crippen molar-refractivity contribution in [2.45, 2.75) is 44.0 Å². The van der Waals surface area contributed by atoms with Gasteiger partial charge < -0.3 is 20.1 Å². The number of aliphatic hydroxyl groups excluding tert-OH is 1. The third-order valence-corrected chi connectivity index (χ3v) is 3.02. The second-order valence-corrected chi connectivity index (χ2v) is 5.68. The molecule has 0 saturated carbocycles. The highest BCUT2D eigenvalue weighted by atomic mass is 19.4. The van der Waals surface area contributed by atoms with Crippen molar-refractivity contribution >= 4 is 0 Å². The van der Waals surface area contributed by atoms with E-state index in [4.69, 9.17) is 20.1 Å². The molecule has 10 heteroatoms. The van der Waals surface area contributed by atoms with Gasteiger partial charge in [-0.1, -0.05) is 30.3 Å². The zero-order chi connectivity index (χ0) is 19.9. The van der Waals surface area contributed by atoms with Gasteiger partial charge in [0.2, 0.25) is 0 Å². The summed E-state index contributed by atoms with van der Waals surface area (Å²) < 4.78 is 75.8. The van der Waals surface area contributed by atoms with Gasteiger partial charge in [0.15, 0.2) is 11.2 Å². The van der Waals surface area contributed by atoms with Gasteiger partial charge in [0.25, 0.3) is 0 Å². The van der Waals surface area contributed by atoms with Crippen LogP contribution in [0.5, 0.6) is 0 Å². The van der Waals surface area contributed by atoms with Crippen LogP contribution < -0.4 is 0 Å². The van der Waals surface area contributed by atoms with Crippen LogP contribution in [0.4, 0.5) is 26.3 Å². The number of rotatable bonds is 5.